The average molecular weight is 319 g/mol. The fraction of sp³-hybridized carbons (Fsp3) is 0.308. The molecule has 0 fully saturated rings. The number of benzene rings is 1. The summed E-state index contributed by atoms with van der Waals surface area (Å²) in [7, 11) is 1.91. The Labute approximate surface area is 127 Å². The molecule has 0 aliphatic heterocycles. The van der Waals surface area contributed by atoms with E-state index in [-0.39, 0.29) is 0 Å². The van der Waals surface area contributed by atoms with Crippen LogP contribution in [0, 0.1) is 13.8 Å². The number of nitrogens with zero attached hydrogens (tertiary/aromatic N) is 2. The molecule has 0 radical (unpaired) electrons. The molecule has 2 aromatic rings. The van der Waals surface area contributed by atoms with Gasteiger partial charge in [-0.2, -0.15) is 5.10 Å². The maximum atomic E-state index is 6.17. The summed E-state index contributed by atoms with van der Waals surface area (Å²) in [6.45, 7) is 4.46. The van der Waals surface area contributed by atoms with Gasteiger partial charge in [-0.1, -0.05) is 34.8 Å². The Kier molecular flexibility index (Phi) is 4.29. The lowest BCUT2D eigenvalue weighted by Crippen LogP contribution is -2.03. The summed E-state index contributed by atoms with van der Waals surface area (Å²) < 4.78 is 1.83. The van der Waals surface area contributed by atoms with Crippen LogP contribution in [-0.2, 0) is 13.6 Å². The summed E-state index contributed by atoms with van der Waals surface area (Å²) in [6, 6.07) is 3.44. The van der Waals surface area contributed by atoms with Crippen LogP contribution in [0.25, 0.3) is 0 Å². The van der Waals surface area contributed by atoms with Crippen molar-refractivity contribution in [3.63, 3.8) is 0 Å². The van der Waals surface area contributed by atoms with Gasteiger partial charge in [-0.25, -0.2) is 0 Å². The Hall–Kier alpha value is -0.900. The lowest BCUT2D eigenvalue weighted by molar-refractivity contribution is 0.731. The summed E-state index contributed by atoms with van der Waals surface area (Å²) in [5, 5.41) is 9.25. The first-order valence-electron chi connectivity index (χ1n) is 5.78. The quantitative estimate of drug-likeness (QED) is 0.838. The number of aromatic nitrogens is 2. The Balaban J connectivity index is 2.26. The maximum Gasteiger partial charge on any atom is 0.0827 e. The topological polar surface area (TPSA) is 29.9 Å². The number of hydrogen-bond acceptors (Lipinski definition) is 2. The number of anilines is 1. The first-order chi connectivity index (χ1) is 8.91. The molecule has 1 aromatic heterocycles. The highest BCUT2D eigenvalue weighted by Gasteiger charge is 2.12. The van der Waals surface area contributed by atoms with Gasteiger partial charge in [0.1, 0.15) is 0 Å². The fourth-order valence-corrected chi connectivity index (χ4v) is 2.62. The van der Waals surface area contributed by atoms with Crippen molar-refractivity contribution in [1.82, 2.24) is 9.78 Å². The molecule has 1 N–H and O–H groups in total. The average Bonchev–Trinajstić information content (AvgIpc) is 2.60. The van der Waals surface area contributed by atoms with Gasteiger partial charge in [0.25, 0.3) is 0 Å². The summed E-state index contributed by atoms with van der Waals surface area (Å²) in [5.41, 5.74) is 3.79. The van der Waals surface area contributed by atoms with E-state index in [4.69, 9.17) is 34.8 Å². The number of nitrogens with one attached hydrogen (secondary N) is 1. The summed E-state index contributed by atoms with van der Waals surface area (Å²) in [6.07, 6.45) is 0. The molecule has 102 valence electrons. The van der Waals surface area contributed by atoms with Gasteiger partial charge in [-0.15, -0.1) is 0 Å². The van der Waals surface area contributed by atoms with E-state index in [9.17, 15) is 0 Å². The van der Waals surface area contributed by atoms with Crippen LogP contribution in [-0.4, -0.2) is 9.78 Å². The normalized spacial score (nSPS) is 10.8. The summed E-state index contributed by atoms with van der Waals surface area (Å²) >= 11 is 18.3. The number of aryl methyl sites for hydroxylation is 2. The first-order valence-corrected chi connectivity index (χ1v) is 6.91. The van der Waals surface area contributed by atoms with E-state index in [1.54, 1.807) is 12.1 Å². The molecule has 19 heavy (non-hydrogen) atoms. The highest BCUT2D eigenvalue weighted by molar-refractivity contribution is 6.44. The van der Waals surface area contributed by atoms with E-state index in [1.165, 1.54) is 0 Å². The van der Waals surface area contributed by atoms with Gasteiger partial charge in [-0.3, -0.25) is 4.68 Å². The highest BCUT2D eigenvalue weighted by Crippen LogP contribution is 2.32. The number of rotatable bonds is 3. The molecule has 1 aromatic carbocycles. The minimum absolute atomic E-state index is 0.487. The van der Waals surface area contributed by atoms with E-state index in [2.05, 4.69) is 10.4 Å². The summed E-state index contributed by atoms with van der Waals surface area (Å²) in [4.78, 5) is 0. The largest absolute Gasteiger partial charge is 0.378 e. The zero-order chi connectivity index (χ0) is 14.2. The zero-order valence-corrected chi connectivity index (χ0v) is 13.2. The highest BCUT2D eigenvalue weighted by atomic mass is 35.5. The van der Waals surface area contributed by atoms with Crippen LogP contribution in [0.1, 0.15) is 17.0 Å². The molecular weight excluding hydrogens is 305 g/mol. The third-order valence-electron chi connectivity index (χ3n) is 3.09. The van der Waals surface area contributed by atoms with Crippen LogP contribution >= 0.6 is 34.8 Å². The molecule has 6 heteroatoms. The van der Waals surface area contributed by atoms with E-state index < -0.39 is 0 Å². The molecular formula is C13H14Cl3N3. The van der Waals surface area contributed by atoms with Crippen LogP contribution in [0.15, 0.2) is 12.1 Å². The van der Waals surface area contributed by atoms with Crippen molar-refractivity contribution in [3.05, 3.63) is 44.2 Å². The van der Waals surface area contributed by atoms with Crippen LogP contribution in [0.3, 0.4) is 0 Å². The second-order valence-corrected chi connectivity index (χ2v) is 5.54. The molecule has 0 aliphatic rings. The maximum absolute atomic E-state index is 6.17. The minimum Gasteiger partial charge on any atom is -0.378 e. The second kappa shape index (κ2) is 5.61. The molecule has 0 aliphatic carbocycles. The van der Waals surface area contributed by atoms with Gasteiger partial charge >= 0.3 is 0 Å². The van der Waals surface area contributed by atoms with Crippen molar-refractivity contribution in [2.75, 3.05) is 5.32 Å². The molecule has 0 saturated carbocycles. The second-order valence-electron chi connectivity index (χ2n) is 4.34. The van der Waals surface area contributed by atoms with Gasteiger partial charge in [0, 0.05) is 24.2 Å². The molecule has 2 rings (SSSR count). The van der Waals surface area contributed by atoms with Gasteiger partial charge < -0.3 is 5.32 Å². The van der Waals surface area contributed by atoms with E-state index in [0.29, 0.717) is 21.6 Å². The molecule has 0 saturated heterocycles. The van der Waals surface area contributed by atoms with Gasteiger partial charge in [0.15, 0.2) is 0 Å². The standard InChI is InChI=1S/C13H14Cl3N3/c1-7-13(8(2)19(3)18-7)17-6-9-10(14)4-5-11(15)12(9)16/h4-5,17H,6H2,1-3H3. The predicted molar refractivity (Wildman–Crippen MR) is 81.5 cm³/mol. The van der Waals surface area contributed by atoms with Gasteiger partial charge in [-0.05, 0) is 26.0 Å². The van der Waals surface area contributed by atoms with Crippen LogP contribution < -0.4 is 5.32 Å². The molecule has 0 amide bonds. The van der Waals surface area contributed by atoms with E-state index >= 15 is 0 Å². The molecule has 0 unspecified atom stereocenters. The lowest BCUT2D eigenvalue weighted by Gasteiger charge is -2.11. The smallest absolute Gasteiger partial charge is 0.0827 e. The Morgan fingerprint density at radius 3 is 2.37 bits per heavy atom. The number of hydrogen-bond donors (Lipinski definition) is 1. The van der Waals surface area contributed by atoms with Crippen LogP contribution in [0.2, 0.25) is 15.1 Å². The summed E-state index contributed by atoms with van der Waals surface area (Å²) in [5.74, 6) is 0. The number of halogens is 3. The van der Waals surface area contributed by atoms with Crippen molar-refractivity contribution in [2.24, 2.45) is 7.05 Å². The van der Waals surface area contributed by atoms with Crippen molar-refractivity contribution < 1.29 is 0 Å². The van der Waals surface area contributed by atoms with Crippen molar-refractivity contribution in [1.29, 1.82) is 0 Å². The van der Waals surface area contributed by atoms with E-state index in [1.807, 2.05) is 25.6 Å². The molecule has 0 spiro atoms. The molecule has 3 nitrogen and oxygen atoms in total. The molecule has 0 bridgehead atoms. The van der Waals surface area contributed by atoms with Gasteiger partial charge in [0.2, 0.25) is 0 Å². The first kappa shape index (κ1) is 14.5. The minimum atomic E-state index is 0.487. The van der Waals surface area contributed by atoms with Crippen LogP contribution in [0.4, 0.5) is 5.69 Å². The van der Waals surface area contributed by atoms with E-state index in [0.717, 1.165) is 22.6 Å². The Morgan fingerprint density at radius 2 is 1.79 bits per heavy atom. The third kappa shape index (κ3) is 2.83. The monoisotopic (exact) mass is 317 g/mol. The van der Waals surface area contributed by atoms with Gasteiger partial charge in [0.05, 0.1) is 27.1 Å². The Morgan fingerprint density at radius 1 is 1.16 bits per heavy atom. The van der Waals surface area contributed by atoms with Crippen molar-refractivity contribution in [3.8, 4) is 0 Å². The molecule has 0 atom stereocenters. The lowest BCUT2D eigenvalue weighted by atomic mass is 10.2. The Bertz CT molecular complexity index is 620. The fourth-order valence-electron chi connectivity index (χ4n) is 1.94. The SMILES string of the molecule is Cc1nn(C)c(C)c1NCc1c(Cl)ccc(Cl)c1Cl. The van der Waals surface area contributed by atoms with Crippen LogP contribution in [0.5, 0.6) is 0 Å². The van der Waals surface area contributed by atoms with Crippen molar-refractivity contribution in [2.45, 2.75) is 20.4 Å². The molecule has 1 heterocycles. The van der Waals surface area contributed by atoms with Crippen molar-refractivity contribution >= 4 is 40.5 Å². The predicted octanol–water partition coefficient (Wildman–Crippen LogP) is 4.61. The third-order valence-corrected chi connectivity index (χ3v) is 4.29. The zero-order valence-electron chi connectivity index (χ0n) is 10.9.